The van der Waals surface area contributed by atoms with Crippen molar-refractivity contribution in [1.29, 1.82) is 0 Å². The molecule has 2 N–H and O–H groups in total. The summed E-state index contributed by atoms with van der Waals surface area (Å²) < 4.78 is 12.3. The fourth-order valence-electron chi connectivity index (χ4n) is 2.00. The Hall–Kier alpha value is -2.09. The number of halogens is 1. The molecule has 2 rings (SSSR count). The Morgan fingerprint density at radius 2 is 2.00 bits per heavy atom. The number of amides is 1. The normalized spacial score (nSPS) is 11.5. The number of rotatable bonds is 9. The average Bonchev–Trinajstić information content (AvgIpc) is 3.04. The van der Waals surface area contributed by atoms with Crippen LogP contribution in [0.3, 0.4) is 0 Å². The van der Waals surface area contributed by atoms with Crippen molar-refractivity contribution >= 4 is 18.3 Å². The molecule has 0 aliphatic carbocycles. The molecule has 138 valence electrons. The monoisotopic (exact) mass is 368 g/mol. The van der Waals surface area contributed by atoms with Gasteiger partial charge in [-0.1, -0.05) is 18.2 Å². The molecule has 0 saturated heterocycles. The van der Waals surface area contributed by atoms with E-state index in [1.807, 2.05) is 44.3 Å². The second kappa shape index (κ2) is 10.7. The largest absolute Gasteiger partial charge is 0.487 e. The molecule has 1 atom stereocenters. The summed E-state index contributed by atoms with van der Waals surface area (Å²) in [7, 11) is 3.45. The Labute approximate surface area is 154 Å². The number of methoxy groups -OCH3 is 1. The lowest BCUT2D eigenvalue weighted by Gasteiger charge is -2.11. The lowest BCUT2D eigenvalue weighted by molar-refractivity contribution is 0.0937. The first kappa shape index (κ1) is 21.0. The molecular weight excluding hydrogens is 344 g/mol. The molecule has 1 amide bonds. The number of hydrogen-bond donors (Lipinski definition) is 2. The van der Waals surface area contributed by atoms with Crippen molar-refractivity contribution in [2.45, 2.75) is 13.0 Å². The predicted molar refractivity (Wildman–Crippen MR) is 99.0 cm³/mol. The van der Waals surface area contributed by atoms with Crippen LogP contribution in [-0.4, -0.2) is 55.6 Å². The number of para-hydroxylation sites is 1. The average molecular weight is 369 g/mol. The van der Waals surface area contributed by atoms with E-state index < -0.39 is 0 Å². The van der Waals surface area contributed by atoms with Gasteiger partial charge in [0, 0.05) is 19.7 Å². The fraction of sp³-hybridized carbons (Fsp3) is 0.412. The summed E-state index contributed by atoms with van der Waals surface area (Å²) in [4.78, 5) is 12.4. The summed E-state index contributed by atoms with van der Waals surface area (Å²) >= 11 is 0. The number of nitrogens with zero attached hydrogens (tertiary/aromatic N) is 2. The molecule has 1 aromatic heterocycles. The van der Waals surface area contributed by atoms with Gasteiger partial charge in [-0.05, 0) is 26.1 Å². The van der Waals surface area contributed by atoms with E-state index in [9.17, 15) is 4.79 Å². The molecule has 0 aliphatic rings. The number of likely N-dealkylation sites (N-methyl/N-ethyl adjacent to an activating group) is 1. The van der Waals surface area contributed by atoms with Gasteiger partial charge < -0.3 is 20.1 Å². The Balaban J connectivity index is 0.00000312. The van der Waals surface area contributed by atoms with E-state index in [1.54, 1.807) is 18.0 Å². The second-order valence-corrected chi connectivity index (χ2v) is 5.36. The number of nitrogens with one attached hydrogen (secondary N) is 2. The molecule has 0 fully saturated rings. The maximum Gasteiger partial charge on any atom is 0.275 e. The number of ether oxygens (including phenoxy) is 2. The SMILES string of the molecule is CNC(C)CNC(=O)c1nn(-c2ccccc2)cc1OCCOC.Cl. The number of carbonyl (C=O) groups is 1. The van der Waals surface area contributed by atoms with Crippen molar-refractivity contribution in [3.05, 3.63) is 42.2 Å². The molecule has 0 radical (unpaired) electrons. The Bertz CT molecular complexity index is 649. The van der Waals surface area contributed by atoms with E-state index in [2.05, 4.69) is 15.7 Å². The lowest BCUT2D eigenvalue weighted by Crippen LogP contribution is -2.37. The first-order valence-corrected chi connectivity index (χ1v) is 7.88. The van der Waals surface area contributed by atoms with Crippen molar-refractivity contribution in [3.8, 4) is 11.4 Å². The molecular formula is C17H25ClN4O3. The van der Waals surface area contributed by atoms with Crippen LogP contribution in [0.1, 0.15) is 17.4 Å². The van der Waals surface area contributed by atoms with E-state index in [0.717, 1.165) is 5.69 Å². The third-order valence-electron chi connectivity index (χ3n) is 3.52. The molecule has 0 bridgehead atoms. The zero-order chi connectivity index (χ0) is 17.4. The minimum absolute atomic E-state index is 0. The fourth-order valence-corrected chi connectivity index (χ4v) is 2.00. The van der Waals surface area contributed by atoms with E-state index in [0.29, 0.717) is 25.5 Å². The van der Waals surface area contributed by atoms with Crippen LogP contribution in [0.5, 0.6) is 5.75 Å². The third-order valence-corrected chi connectivity index (χ3v) is 3.52. The van der Waals surface area contributed by atoms with Crippen molar-refractivity contribution in [2.24, 2.45) is 0 Å². The number of hydrogen-bond acceptors (Lipinski definition) is 5. The first-order chi connectivity index (χ1) is 11.7. The molecule has 1 heterocycles. The van der Waals surface area contributed by atoms with Gasteiger partial charge in [-0.2, -0.15) is 5.10 Å². The first-order valence-electron chi connectivity index (χ1n) is 7.88. The van der Waals surface area contributed by atoms with Crippen LogP contribution in [0.15, 0.2) is 36.5 Å². The molecule has 0 aliphatic heterocycles. The molecule has 7 nitrogen and oxygen atoms in total. The van der Waals surface area contributed by atoms with Gasteiger partial charge in [0.15, 0.2) is 11.4 Å². The van der Waals surface area contributed by atoms with Gasteiger partial charge in [0.25, 0.3) is 5.91 Å². The van der Waals surface area contributed by atoms with Crippen LogP contribution in [0.2, 0.25) is 0 Å². The smallest absolute Gasteiger partial charge is 0.275 e. The Morgan fingerprint density at radius 3 is 2.64 bits per heavy atom. The second-order valence-electron chi connectivity index (χ2n) is 5.36. The van der Waals surface area contributed by atoms with E-state index in [-0.39, 0.29) is 30.0 Å². The summed E-state index contributed by atoms with van der Waals surface area (Å²) in [5.74, 6) is 0.171. The summed E-state index contributed by atoms with van der Waals surface area (Å²) in [6.45, 7) is 3.28. The molecule has 0 saturated carbocycles. The Morgan fingerprint density at radius 1 is 1.28 bits per heavy atom. The Kier molecular flexibility index (Phi) is 8.98. The van der Waals surface area contributed by atoms with Gasteiger partial charge >= 0.3 is 0 Å². The molecule has 1 aromatic carbocycles. The zero-order valence-electron chi connectivity index (χ0n) is 14.7. The molecule has 25 heavy (non-hydrogen) atoms. The summed E-state index contributed by atoms with van der Waals surface area (Å²) in [6, 6.07) is 9.75. The quantitative estimate of drug-likeness (QED) is 0.658. The van der Waals surface area contributed by atoms with E-state index >= 15 is 0 Å². The van der Waals surface area contributed by atoms with Crippen molar-refractivity contribution in [2.75, 3.05) is 33.9 Å². The summed E-state index contributed by atoms with van der Waals surface area (Å²) in [5.41, 5.74) is 1.12. The van der Waals surface area contributed by atoms with Crippen LogP contribution < -0.4 is 15.4 Å². The maximum atomic E-state index is 12.4. The van der Waals surface area contributed by atoms with Crippen LogP contribution in [-0.2, 0) is 4.74 Å². The summed E-state index contributed by atoms with van der Waals surface area (Å²) in [5, 5.41) is 10.3. The van der Waals surface area contributed by atoms with Crippen molar-refractivity contribution in [3.63, 3.8) is 0 Å². The van der Waals surface area contributed by atoms with Crippen LogP contribution in [0.4, 0.5) is 0 Å². The highest BCUT2D eigenvalue weighted by Crippen LogP contribution is 2.20. The number of aromatic nitrogens is 2. The van der Waals surface area contributed by atoms with Crippen LogP contribution in [0, 0.1) is 0 Å². The number of benzene rings is 1. The minimum Gasteiger partial charge on any atom is -0.487 e. The maximum absolute atomic E-state index is 12.4. The zero-order valence-corrected chi connectivity index (χ0v) is 15.5. The van der Waals surface area contributed by atoms with Gasteiger partial charge in [-0.15, -0.1) is 12.4 Å². The van der Waals surface area contributed by atoms with E-state index in [4.69, 9.17) is 9.47 Å². The number of carbonyl (C=O) groups excluding carboxylic acids is 1. The van der Waals surface area contributed by atoms with Gasteiger partial charge in [-0.25, -0.2) is 4.68 Å². The molecule has 8 heteroatoms. The minimum atomic E-state index is -0.265. The topological polar surface area (TPSA) is 77.4 Å². The standard InChI is InChI=1S/C17H24N4O3.ClH/c1-13(18-2)11-19-17(22)16-15(24-10-9-23-3)12-21(20-16)14-7-5-4-6-8-14;/h4-8,12-13,18H,9-11H2,1-3H3,(H,19,22);1H. The molecule has 0 spiro atoms. The highest BCUT2D eigenvalue weighted by molar-refractivity contribution is 5.95. The highest BCUT2D eigenvalue weighted by Gasteiger charge is 2.19. The van der Waals surface area contributed by atoms with Crippen LogP contribution in [0.25, 0.3) is 5.69 Å². The predicted octanol–water partition coefficient (Wildman–Crippen LogP) is 1.66. The third kappa shape index (κ3) is 6.04. The summed E-state index contributed by atoms with van der Waals surface area (Å²) in [6.07, 6.45) is 1.71. The van der Waals surface area contributed by atoms with E-state index in [1.165, 1.54) is 0 Å². The van der Waals surface area contributed by atoms with Gasteiger partial charge in [0.05, 0.1) is 18.5 Å². The van der Waals surface area contributed by atoms with Gasteiger partial charge in [-0.3, -0.25) is 4.79 Å². The van der Waals surface area contributed by atoms with Crippen molar-refractivity contribution in [1.82, 2.24) is 20.4 Å². The van der Waals surface area contributed by atoms with Gasteiger partial charge in [0.1, 0.15) is 6.61 Å². The van der Waals surface area contributed by atoms with Crippen LogP contribution >= 0.6 is 12.4 Å². The molecule has 1 unspecified atom stereocenters. The van der Waals surface area contributed by atoms with Gasteiger partial charge in [0.2, 0.25) is 0 Å². The molecule has 2 aromatic rings. The highest BCUT2D eigenvalue weighted by atomic mass is 35.5. The van der Waals surface area contributed by atoms with Crippen molar-refractivity contribution < 1.29 is 14.3 Å². The lowest BCUT2D eigenvalue weighted by atomic mass is 10.3.